The molecule has 1 atom stereocenters. The summed E-state index contributed by atoms with van der Waals surface area (Å²) in [5.41, 5.74) is 7.50. The Bertz CT molecular complexity index is 392. The Morgan fingerprint density at radius 2 is 2.41 bits per heavy atom. The van der Waals surface area contributed by atoms with E-state index in [1.807, 2.05) is 11.3 Å². The lowest BCUT2D eigenvalue weighted by molar-refractivity contribution is 0.251. The van der Waals surface area contributed by atoms with Crippen LogP contribution >= 0.6 is 11.3 Å². The van der Waals surface area contributed by atoms with Crippen LogP contribution in [-0.4, -0.2) is 36.6 Å². The number of rotatable bonds is 3. The Kier molecular flexibility index (Phi) is 2.97. The van der Waals surface area contributed by atoms with Crippen LogP contribution in [0.2, 0.25) is 0 Å². The van der Waals surface area contributed by atoms with Crippen LogP contribution in [0.3, 0.4) is 0 Å². The van der Waals surface area contributed by atoms with Gasteiger partial charge in [0.25, 0.3) is 0 Å². The Morgan fingerprint density at radius 3 is 2.94 bits per heavy atom. The molecule has 3 rings (SSSR count). The van der Waals surface area contributed by atoms with Crippen LogP contribution in [0, 0.1) is 0 Å². The van der Waals surface area contributed by atoms with Crippen molar-refractivity contribution in [2.75, 3.05) is 26.7 Å². The first-order valence-electron chi connectivity index (χ1n) is 6.58. The minimum Gasteiger partial charge on any atom is -0.329 e. The molecule has 1 aliphatic heterocycles. The zero-order chi connectivity index (χ0) is 11.9. The number of nitrogens with zero attached hydrogens (tertiary/aromatic N) is 2. The highest BCUT2D eigenvalue weighted by atomic mass is 32.1. The van der Waals surface area contributed by atoms with E-state index in [4.69, 9.17) is 10.7 Å². The van der Waals surface area contributed by atoms with E-state index in [1.165, 1.54) is 49.5 Å². The van der Waals surface area contributed by atoms with Crippen molar-refractivity contribution in [3.63, 3.8) is 0 Å². The quantitative estimate of drug-likeness (QED) is 0.892. The van der Waals surface area contributed by atoms with Crippen LogP contribution in [0.5, 0.6) is 0 Å². The highest BCUT2D eigenvalue weighted by Crippen LogP contribution is 2.44. The maximum atomic E-state index is 5.94. The number of likely N-dealkylation sites (N-methyl/N-ethyl adjacent to an activating group) is 1. The van der Waals surface area contributed by atoms with Gasteiger partial charge in [-0.3, -0.25) is 0 Å². The van der Waals surface area contributed by atoms with E-state index in [9.17, 15) is 0 Å². The largest absolute Gasteiger partial charge is 0.329 e. The van der Waals surface area contributed by atoms with Crippen LogP contribution in [0.15, 0.2) is 5.38 Å². The van der Waals surface area contributed by atoms with E-state index in [0.717, 1.165) is 6.54 Å². The third kappa shape index (κ3) is 1.92. The zero-order valence-electron chi connectivity index (χ0n) is 10.5. The molecule has 1 saturated heterocycles. The van der Waals surface area contributed by atoms with E-state index < -0.39 is 0 Å². The van der Waals surface area contributed by atoms with Crippen LogP contribution in [0.25, 0.3) is 0 Å². The molecule has 0 aromatic carbocycles. The summed E-state index contributed by atoms with van der Waals surface area (Å²) >= 11 is 1.84. The van der Waals surface area contributed by atoms with E-state index in [-0.39, 0.29) is 5.41 Å². The lowest BCUT2D eigenvalue weighted by atomic mass is 9.69. The van der Waals surface area contributed by atoms with Crippen molar-refractivity contribution in [2.45, 2.75) is 37.0 Å². The van der Waals surface area contributed by atoms with Gasteiger partial charge in [-0.2, -0.15) is 0 Å². The first kappa shape index (κ1) is 11.6. The molecule has 0 radical (unpaired) electrons. The van der Waals surface area contributed by atoms with Gasteiger partial charge < -0.3 is 10.6 Å². The van der Waals surface area contributed by atoms with Crippen LogP contribution < -0.4 is 5.73 Å². The molecule has 2 aliphatic rings. The Balaban J connectivity index is 1.78. The van der Waals surface area contributed by atoms with Gasteiger partial charge in [0.1, 0.15) is 5.01 Å². The van der Waals surface area contributed by atoms with Gasteiger partial charge in [-0.05, 0) is 32.9 Å². The summed E-state index contributed by atoms with van der Waals surface area (Å²) in [4.78, 5) is 7.30. The van der Waals surface area contributed by atoms with Gasteiger partial charge in [-0.1, -0.05) is 6.42 Å². The van der Waals surface area contributed by atoms with Crippen molar-refractivity contribution in [2.24, 2.45) is 5.73 Å². The molecule has 1 aromatic rings. The molecule has 17 heavy (non-hydrogen) atoms. The van der Waals surface area contributed by atoms with E-state index in [0.29, 0.717) is 5.92 Å². The van der Waals surface area contributed by atoms with Gasteiger partial charge in [0, 0.05) is 29.8 Å². The van der Waals surface area contributed by atoms with Crippen LogP contribution in [-0.2, 0) is 5.41 Å². The van der Waals surface area contributed by atoms with Gasteiger partial charge in [0.15, 0.2) is 0 Å². The fraction of sp³-hybridized carbons (Fsp3) is 0.769. The first-order chi connectivity index (χ1) is 8.23. The van der Waals surface area contributed by atoms with Gasteiger partial charge in [0.2, 0.25) is 0 Å². The summed E-state index contributed by atoms with van der Waals surface area (Å²) in [6.45, 7) is 3.14. The second-order valence-electron chi connectivity index (χ2n) is 5.66. The normalized spacial score (nSPS) is 28.2. The van der Waals surface area contributed by atoms with Crippen molar-refractivity contribution < 1.29 is 0 Å². The minimum absolute atomic E-state index is 0.243. The average Bonchev–Trinajstić information content (AvgIpc) is 2.86. The smallest absolute Gasteiger partial charge is 0.100 e. The SMILES string of the molecule is CN1CCC(c2csc(C3(CN)CCC3)n2)C1. The van der Waals surface area contributed by atoms with Crippen molar-refractivity contribution >= 4 is 11.3 Å². The second kappa shape index (κ2) is 4.34. The Hall–Kier alpha value is -0.450. The van der Waals surface area contributed by atoms with Gasteiger partial charge in [0.05, 0.1) is 5.69 Å². The molecule has 0 spiro atoms. The predicted octanol–water partition coefficient (Wildman–Crippen LogP) is 1.94. The van der Waals surface area contributed by atoms with Crippen molar-refractivity contribution in [1.82, 2.24) is 9.88 Å². The summed E-state index contributed by atoms with van der Waals surface area (Å²) < 4.78 is 0. The van der Waals surface area contributed by atoms with Gasteiger partial charge in [-0.15, -0.1) is 11.3 Å². The molecular formula is C13H21N3S. The topological polar surface area (TPSA) is 42.1 Å². The standard InChI is InChI=1S/C13H21N3S/c1-16-6-3-10(7-16)11-8-17-12(15-11)13(9-14)4-2-5-13/h8,10H,2-7,9,14H2,1H3. The van der Waals surface area contributed by atoms with Crippen molar-refractivity contribution in [1.29, 1.82) is 0 Å². The summed E-state index contributed by atoms with van der Waals surface area (Å²) in [6, 6.07) is 0. The van der Waals surface area contributed by atoms with E-state index in [2.05, 4.69) is 17.3 Å². The number of nitrogens with two attached hydrogens (primary N) is 1. The minimum atomic E-state index is 0.243. The zero-order valence-corrected chi connectivity index (χ0v) is 11.3. The molecule has 4 heteroatoms. The molecular weight excluding hydrogens is 230 g/mol. The summed E-state index contributed by atoms with van der Waals surface area (Å²) in [7, 11) is 2.20. The fourth-order valence-electron chi connectivity index (χ4n) is 3.00. The van der Waals surface area contributed by atoms with Crippen LogP contribution in [0.4, 0.5) is 0 Å². The summed E-state index contributed by atoms with van der Waals surface area (Å²) in [5, 5.41) is 3.57. The number of likely N-dealkylation sites (tertiary alicyclic amines) is 1. The maximum absolute atomic E-state index is 5.94. The summed E-state index contributed by atoms with van der Waals surface area (Å²) in [6.07, 6.45) is 5.05. The Morgan fingerprint density at radius 1 is 1.59 bits per heavy atom. The number of aromatic nitrogens is 1. The molecule has 1 saturated carbocycles. The molecule has 0 bridgehead atoms. The molecule has 2 heterocycles. The lowest BCUT2D eigenvalue weighted by Gasteiger charge is -2.39. The average molecular weight is 251 g/mol. The monoisotopic (exact) mass is 251 g/mol. The number of hydrogen-bond acceptors (Lipinski definition) is 4. The van der Waals surface area contributed by atoms with Crippen molar-refractivity contribution in [3.05, 3.63) is 16.1 Å². The van der Waals surface area contributed by atoms with Crippen LogP contribution in [0.1, 0.15) is 42.3 Å². The molecule has 94 valence electrons. The third-order valence-electron chi connectivity index (χ3n) is 4.49. The molecule has 2 fully saturated rings. The highest BCUT2D eigenvalue weighted by Gasteiger charge is 2.40. The Labute approximate surface area is 107 Å². The van der Waals surface area contributed by atoms with Gasteiger partial charge >= 0.3 is 0 Å². The number of thiazole rings is 1. The van der Waals surface area contributed by atoms with E-state index >= 15 is 0 Å². The second-order valence-corrected chi connectivity index (χ2v) is 6.52. The molecule has 1 aromatic heterocycles. The third-order valence-corrected chi connectivity index (χ3v) is 5.59. The highest BCUT2D eigenvalue weighted by molar-refractivity contribution is 7.09. The fourth-order valence-corrected chi connectivity index (χ4v) is 4.18. The predicted molar refractivity (Wildman–Crippen MR) is 71.6 cm³/mol. The molecule has 1 unspecified atom stereocenters. The number of hydrogen-bond donors (Lipinski definition) is 1. The van der Waals surface area contributed by atoms with E-state index in [1.54, 1.807) is 0 Å². The molecule has 1 aliphatic carbocycles. The van der Waals surface area contributed by atoms with Crippen molar-refractivity contribution in [3.8, 4) is 0 Å². The maximum Gasteiger partial charge on any atom is 0.100 e. The molecule has 0 amide bonds. The first-order valence-corrected chi connectivity index (χ1v) is 7.46. The molecule has 2 N–H and O–H groups in total. The molecule has 3 nitrogen and oxygen atoms in total. The van der Waals surface area contributed by atoms with Gasteiger partial charge in [-0.25, -0.2) is 4.98 Å². The summed E-state index contributed by atoms with van der Waals surface area (Å²) in [5.74, 6) is 0.653. The lowest BCUT2D eigenvalue weighted by Crippen LogP contribution is -2.41.